The van der Waals surface area contributed by atoms with Crippen LogP contribution < -0.4 is 10.6 Å². The van der Waals surface area contributed by atoms with Crippen LogP contribution in [-0.2, 0) is 0 Å². The van der Waals surface area contributed by atoms with Crippen LogP contribution in [-0.4, -0.2) is 11.0 Å². The van der Waals surface area contributed by atoms with E-state index in [1.165, 1.54) is 25.4 Å². The maximum Gasteiger partial charge on any atom is 0.0214 e. The summed E-state index contributed by atoms with van der Waals surface area (Å²) in [6, 6.07) is 22.4. The van der Waals surface area contributed by atoms with Crippen LogP contribution >= 0.6 is 23.9 Å². The molecule has 3 saturated carbocycles. The molecule has 3 aliphatic carbocycles. The molecule has 0 N–H and O–H groups in total. The Balaban J connectivity index is 1.41. The topological polar surface area (TPSA) is 0 Å². The predicted octanol–water partition coefficient (Wildman–Crippen LogP) is 4.68. The molecule has 0 radical (unpaired) electrons. The van der Waals surface area contributed by atoms with E-state index in [1.54, 1.807) is 10.6 Å². The number of rotatable bonds is 4. The van der Waals surface area contributed by atoms with E-state index in [2.05, 4.69) is 76.6 Å². The van der Waals surface area contributed by atoms with Crippen molar-refractivity contribution in [3.63, 3.8) is 0 Å². The van der Waals surface area contributed by atoms with Crippen molar-refractivity contribution in [1.82, 2.24) is 0 Å². The minimum atomic E-state index is -0.190. The van der Waals surface area contributed by atoms with Gasteiger partial charge in [0.1, 0.15) is 0 Å². The summed E-state index contributed by atoms with van der Waals surface area (Å²) in [5, 5.41) is 3.10. The molecule has 3 aliphatic rings. The molecule has 0 bridgehead atoms. The monoisotopic (exact) mass is 370 g/mol. The van der Waals surface area contributed by atoms with E-state index in [4.69, 9.17) is 0 Å². The SMILES string of the molecule is Br[C@@H]1C[C@@]12C[C@]21C[C@H]1CP(c1ccccc1)c1ccccc1. The molecule has 2 aromatic carbocycles. The van der Waals surface area contributed by atoms with Crippen LogP contribution in [0.25, 0.3) is 0 Å². The van der Waals surface area contributed by atoms with Gasteiger partial charge in [-0.3, -0.25) is 0 Å². The largest absolute Gasteiger partial charge is 0.0884 e. The lowest BCUT2D eigenvalue weighted by Gasteiger charge is -2.19. The Bertz CT molecular complexity index is 661. The third kappa shape index (κ3) is 1.91. The van der Waals surface area contributed by atoms with Gasteiger partial charge >= 0.3 is 0 Å². The molecule has 4 atom stereocenters. The summed E-state index contributed by atoms with van der Waals surface area (Å²) in [7, 11) is -0.190. The predicted molar refractivity (Wildman–Crippen MR) is 98.9 cm³/mol. The molecule has 22 heavy (non-hydrogen) atoms. The van der Waals surface area contributed by atoms with Crippen LogP contribution in [0.2, 0.25) is 0 Å². The summed E-state index contributed by atoms with van der Waals surface area (Å²) in [5.41, 5.74) is 1.50. The highest BCUT2D eigenvalue weighted by Gasteiger charge is 2.87. The first-order valence-electron chi connectivity index (χ1n) is 8.27. The number of hydrogen-bond acceptors (Lipinski definition) is 0. The third-order valence-corrected chi connectivity index (χ3v) is 10.1. The summed E-state index contributed by atoms with van der Waals surface area (Å²) in [6.07, 6.45) is 5.84. The molecule has 0 aromatic heterocycles. The normalized spacial score (nSPS) is 37.7. The van der Waals surface area contributed by atoms with Crippen molar-refractivity contribution in [2.45, 2.75) is 24.1 Å². The van der Waals surface area contributed by atoms with Crippen LogP contribution in [0.3, 0.4) is 0 Å². The molecule has 0 unspecified atom stereocenters. The van der Waals surface area contributed by atoms with Gasteiger partial charge in [0.25, 0.3) is 0 Å². The third-order valence-electron chi connectivity index (χ3n) is 6.25. The molecule has 0 aliphatic heterocycles. The van der Waals surface area contributed by atoms with Crippen molar-refractivity contribution in [2.24, 2.45) is 16.7 Å². The highest BCUT2D eigenvalue weighted by Crippen LogP contribution is 2.92. The Morgan fingerprint density at radius 2 is 1.41 bits per heavy atom. The van der Waals surface area contributed by atoms with Crippen molar-refractivity contribution in [2.75, 3.05) is 6.16 Å². The van der Waals surface area contributed by atoms with Gasteiger partial charge in [0, 0.05) is 4.83 Å². The molecule has 112 valence electrons. The minimum Gasteiger partial charge on any atom is -0.0884 e. The minimum absolute atomic E-state index is 0.190. The standard InChI is InChI=1S/C20H20BrP/c21-18-12-20(18)14-19(20)11-15(19)13-22(16-7-3-1-4-8-16)17-9-5-2-6-10-17/h1-10,15,18H,11-14H2/t15-,18+,19-,20+/m0/s1. The first kappa shape index (κ1) is 13.8. The van der Waals surface area contributed by atoms with Gasteiger partial charge in [-0.25, -0.2) is 0 Å². The van der Waals surface area contributed by atoms with E-state index in [1.807, 2.05) is 0 Å². The molecule has 0 saturated heterocycles. The number of fused-ring (bicyclic) bond motifs is 1. The summed E-state index contributed by atoms with van der Waals surface area (Å²) >= 11 is 3.87. The summed E-state index contributed by atoms with van der Waals surface area (Å²) < 4.78 is 0. The van der Waals surface area contributed by atoms with E-state index in [9.17, 15) is 0 Å². The molecule has 2 heteroatoms. The van der Waals surface area contributed by atoms with E-state index in [0.717, 1.165) is 21.6 Å². The van der Waals surface area contributed by atoms with Gasteiger partial charge in [-0.1, -0.05) is 76.6 Å². The molecule has 0 nitrogen and oxygen atoms in total. The van der Waals surface area contributed by atoms with Crippen LogP contribution in [0.1, 0.15) is 19.3 Å². The fraction of sp³-hybridized carbons (Fsp3) is 0.400. The second kappa shape index (κ2) is 4.68. The quantitative estimate of drug-likeness (QED) is 0.541. The maximum atomic E-state index is 3.87. The molecule has 2 spiro atoms. The fourth-order valence-corrected chi connectivity index (χ4v) is 8.62. The first-order valence-corrected chi connectivity index (χ1v) is 10.7. The highest BCUT2D eigenvalue weighted by atomic mass is 79.9. The molecule has 5 rings (SSSR count). The lowest BCUT2D eigenvalue weighted by Crippen LogP contribution is -2.15. The van der Waals surface area contributed by atoms with Crippen LogP contribution in [0.5, 0.6) is 0 Å². The van der Waals surface area contributed by atoms with Crippen molar-refractivity contribution in [3.05, 3.63) is 60.7 Å². The first-order chi connectivity index (χ1) is 10.8. The van der Waals surface area contributed by atoms with Crippen molar-refractivity contribution in [3.8, 4) is 0 Å². The van der Waals surface area contributed by atoms with Crippen molar-refractivity contribution in [1.29, 1.82) is 0 Å². The Hall–Kier alpha value is -0.650. The van der Waals surface area contributed by atoms with E-state index >= 15 is 0 Å². The fourth-order valence-electron chi connectivity index (χ4n) is 4.72. The van der Waals surface area contributed by atoms with Crippen LogP contribution in [0.4, 0.5) is 0 Å². The van der Waals surface area contributed by atoms with Gasteiger partial charge < -0.3 is 0 Å². The number of benzene rings is 2. The molecule has 0 heterocycles. The zero-order valence-corrected chi connectivity index (χ0v) is 15.1. The number of hydrogen-bond donors (Lipinski definition) is 0. The summed E-state index contributed by atoms with van der Waals surface area (Å²) in [4.78, 5) is 0.838. The summed E-state index contributed by atoms with van der Waals surface area (Å²) in [5.74, 6) is 0.974. The van der Waals surface area contributed by atoms with Gasteiger partial charge in [-0.2, -0.15) is 0 Å². The van der Waals surface area contributed by atoms with Gasteiger partial charge in [0.15, 0.2) is 0 Å². The van der Waals surface area contributed by atoms with Gasteiger partial charge in [0.2, 0.25) is 0 Å². The van der Waals surface area contributed by atoms with Crippen LogP contribution in [0.15, 0.2) is 60.7 Å². The summed E-state index contributed by atoms with van der Waals surface area (Å²) in [6.45, 7) is 0. The Morgan fingerprint density at radius 1 is 0.864 bits per heavy atom. The Labute approximate surface area is 142 Å². The van der Waals surface area contributed by atoms with Crippen molar-refractivity contribution < 1.29 is 0 Å². The second-order valence-corrected chi connectivity index (χ2v) is 10.7. The zero-order chi connectivity index (χ0) is 14.8. The molecule has 0 amide bonds. The Morgan fingerprint density at radius 3 is 1.86 bits per heavy atom. The molecule has 2 aromatic rings. The van der Waals surface area contributed by atoms with Gasteiger partial charge in [-0.05, 0) is 60.7 Å². The molecular weight excluding hydrogens is 351 g/mol. The smallest absolute Gasteiger partial charge is 0.0214 e. The number of halogens is 1. The zero-order valence-electron chi connectivity index (χ0n) is 12.6. The lowest BCUT2D eigenvalue weighted by atomic mass is 10.2. The lowest BCUT2D eigenvalue weighted by molar-refractivity contribution is 0.662. The van der Waals surface area contributed by atoms with E-state index < -0.39 is 0 Å². The van der Waals surface area contributed by atoms with E-state index in [-0.39, 0.29) is 7.92 Å². The van der Waals surface area contributed by atoms with Crippen LogP contribution in [0, 0.1) is 16.7 Å². The highest BCUT2D eigenvalue weighted by molar-refractivity contribution is 9.09. The molecule has 3 fully saturated rings. The number of alkyl halides is 1. The molecular formula is C20H20BrP. The average Bonchev–Trinajstić information content (AvgIpc) is 3.50. The van der Waals surface area contributed by atoms with Gasteiger partial charge in [0.05, 0.1) is 0 Å². The second-order valence-electron chi connectivity index (χ2n) is 7.34. The van der Waals surface area contributed by atoms with E-state index in [0.29, 0.717) is 0 Å². The van der Waals surface area contributed by atoms with Crippen molar-refractivity contribution >= 4 is 34.5 Å². The Kier molecular flexibility index (Phi) is 2.93. The van der Waals surface area contributed by atoms with Gasteiger partial charge in [-0.15, -0.1) is 0 Å². The average molecular weight is 371 g/mol. The maximum absolute atomic E-state index is 3.87.